The van der Waals surface area contributed by atoms with Crippen LogP contribution in [0.5, 0.6) is 0 Å². The second-order valence-corrected chi connectivity index (χ2v) is 27.0. The van der Waals surface area contributed by atoms with Crippen LogP contribution >= 0.6 is 0 Å². The van der Waals surface area contributed by atoms with Crippen molar-refractivity contribution in [2.45, 2.75) is 170 Å². The van der Waals surface area contributed by atoms with Crippen LogP contribution in [0.4, 0.5) is 0 Å². The molecule has 0 heterocycles. The SMILES string of the molecule is COC1C(C2CC(C)CC(C)C2)C2CC(C)C([Si](C)(C)C3C(C)CC4C(C5CC(C)CC(C)C5)CC(C)CC43)C2CC1C(C)(C)C. The van der Waals surface area contributed by atoms with E-state index in [9.17, 15) is 0 Å². The maximum atomic E-state index is 6.73. The Morgan fingerprint density at radius 3 is 1.41 bits per heavy atom. The molecule has 0 saturated heterocycles. The molecule has 6 aliphatic rings. The van der Waals surface area contributed by atoms with Crippen molar-refractivity contribution in [3.05, 3.63) is 0 Å². The molecule has 0 amide bonds. The van der Waals surface area contributed by atoms with E-state index < -0.39 is 8.07 Å². The van der Waals surface area contributed by atoms with Crippen LogP contribution in [0, 0.1) is 100 Å². The van der Waals surface area contributed by atoms with Crippen LogP contribution in [0.15, 0.2) is 0 Å². The van der Waals surface area contributed by atoms with Crippen molar-refractivity contribution < 1.29 is 4.74 Å². The molecule has 6 fully saturated rings. The number of methoxy groups -OCH3 is 1. The summed E-state index contributed by atoms with van der Waals surface area (Å²) in [6.45, 7) is 32.1. The Labute approximate surface area is 289 Å². The van der Waals surface area contributed by atoms with Crippen LogP contribution in [0.1, 0.15) is 140 Å². The van der Waals surface area contributed by atoms with Crippen molar-refractivity contribution in [1.82, 2.24) is 0 Å². The first-order valence-corrected chi connectivity index (χ1v) is 24.2. The first-order chi connectivity index (χ1) is 21.5. The van der Waals surface area contributed by atoms with Gasteiger partial charge in [0.05, 0.1) is 14.2 Å². The summed E-state index contributed by atoms with van der Waals surface area (Å²) in [4.78, 5) is 0. The van der Waals surface area contributed by atoms with E-state index in [1.165, 1.54) is 51.4 Å². The highest BCUT2D eigenvalue weighted by molar-refractivity contribution is 6.80. The van der Waals surface area contributed by atoms with Gasteiger partial charge in [-0.2, -0.15) is 0 Å². The van der Waals surface area contributed by atoms with Crippen molar-refractivity contribution in [1.29, 1.82) is 0 Å². The molecular weight excluding hydrogens is 573 g/mol. The number of hydrogen-bond acceptors (Lipinski definition) is 1. The Balaban J connectivity index is 1.32. The molecule has 0 aromatic heterocycles. The smallest absolute Gasteiger partial charge is 0.0638 e. The summed E-state index contributed by atoms with van der Waals surface area (Å²) >= 11 is 0. The Bertz CT molecular complexity index is 1010. The number of fused-ring (bicyclic) bond motifs is 2. The van der Waals surface area contributed by atoms with Gasteiger partial charge < -0.3 is 4.74 Å². The quantitative estimate of drug-likeness (QED) is 0.269. The van der Waals surface area contributed by atoms with Crippen molar-refractivity contribution in [2.75, 3.05) is 7.11 Å². The topological polar surface area (TPSA) is 9.23 Å². The summed E-state index contributed by atoms with van der Waals surface area (Å²) in [6.07, 6.45) is 16.9. The Hall–Kier alpha value is 0.177. The number of ether oxygens (including phenoxy) is 1. The standard InChI is InChI=1S/C44H80OSi/c1-25-14-26(2)17-32(16-25)34-20-29(5)21-37-35(34)22-30(6)42(37)46(12,13)43-31(7)23-36-38(43)24-39(44(8,9)10)41(45-11)40(36)33-18-27(3)15-28(4)19-33/h25-43H,14-24H2,1-13H3. The summed E-state index contributed by atoms with van der Waals surface area (Å²) in [5, 5.41) is 0. The van der Waals surface area contributed by atoms with Crippen molar-refractivity contribution in [2.24, 2.45) is 100 Å². The number of hydrogen-bond donors (Lipinski definition) is 0. The normalized spacial score (nSPS) is 53.5. The highest BCUT2D eigenvalue weighted by atomic mass is 28.3. The Kier molecular flexibility index (Phi) is 10.5. The predicted molar refractivity (Wildman–Crippen MR) is 202 cm³/mol. The van der Waals surface area contributed by atoms with Crippen LogP contribution in [0.2, 0.25) is 24.2 Å². The predicted octanol–water partition coefficient (Wildman–Crippen LogP) is 12.9. The summed E-state index contributed by atoms with van der Waals surface area (Å²) in [6, 6.07) is 0. The molecule has 266 valence electrons. The van der Waals surface area contributed by atoms with Crippen molar-refractivity contribution >= 4 is 8.07 Å². The second kappa shape index (κ2) is 13.4. The zero-order chi connectivity index (χ0) is 33.5. The van der Waals surface area contributed by atoms with Crippen LogP contribution in [0.3, 0.4) is 0 Å². The van der Waals surface area contributed by atoms with E-state index in [4.69, 9.17) is 4.74 Å². The lowest BCUT2D eigenvalue weighted by molar-refractivity contribution is -0.121. The zero-order valence-electron chi connectivity index (χ0n) is 33.2. The molecule has 6 saturated carbocycles. The van der Waals surface area contributed by atoms with Gasteiger partial charge in [0.1, 0.15) is 0 Å². The number of rotatable bonds is 5. The van der Waals surface area contributed by atoms with E-state index >= 15 is 0 Å². The fourth-order valence-corrected chi connectivity index (χ4v) is 23.0. The van der Waals surface area contributed by atoms with Crippen LogP contribution in [-0.4, -0.2) is 21.3 Å². The molecule has 0 radical (unpaired) electrons. The molecule has 0 aromatic rings. The van der Waals surface area contributed by atoms with Gasteiger partial charge in [0, 0.05) is 7.11 Å². The van der Waals surface area contributed by atoms with Gasteiger partial charge in [-0.05, 0) is 182 Å². The first-order valence-electron chi connectivity index (χ1n) is 21.0. The van der Waals surface area contributed by atoms with Gasteiger partial charge in [-0.1, -0.05) is 82.3 Å². The van der Waals surface area contributed by atoms with Gasteiger partial charge in [0.25, 0.3) is 0 Å². The molecule has 0 spiro atoms. The van der Waals surface area contributed by atoms with E-state index in [2.05, 4.69) is 89.4 Å². The minimum absolute atomic E-state index is 0.309. The molecule has 0 N–H and O–H groups in total. The van der Waals surface area contributed by atoms with Gasteiger partial charge in [0.15, 0.2) is 0 Å². The van der Waals surface area contributed by atoms with Gasteiger partial charge in [0.2, 0.25) is 0 Å². The van der Waals surface area contributed by atoms with E-state index in [0.717, 1.165) is 99.9 Å². The lowest BCUT2D eigenvalue weighted by Gasteiger charge is -2.56. The van der Waals surface area contributed by atoms with Crippen LogP contribution in [-0.2, 0) is 4.74 Å². The van der Waals surface area contributed by atoms with E-state index in [1.807, 2.05) is 0 Å². The molecule has 0 bridgehead atoms. The molecule has 17 unspecified atom stereocenters. The minimum atomic E-state index is -1.58. The van der Waals surface area contributed by atoms with E-state index in [1.54, 1.807) is 19.3 Å². The largest absolute Gasteiger partial charge is 0.381 e. The third-order valence-corrected chi connectivity index (χ3v) is 22.3. The highest BCUT2D eigenvalue weighted by Crippen LogP contribution is 2.69. The molecule has 46 heavy (non-hydrogen) atoms. The molecule has 1 nitrogen and oxygen atoms in total. The summed E-state index contributed by atoms with van der Waals surface area (Å²) in [5.74, 6) is 14.7. The average molecular weight is 653 g/mol. The van der Waals surface area contributed by atoms with Crippen LogP contribution < -0.4 is 0 Å². The third-order valence-electron chi connectivity index (χ3n) is 16.9. The van der Waals surface area contributed by atoms with Gasteiger partial charge >= 0.3 is 0 Å². The maximum absolute atomic E-state index is 6.73. The van der Waals surface area contributed by atoms with Crippen molar-refractivity contribution in [3.8, 4) is 0 Å². The maximum Gasteiger partial charge on any atom is 0.0638 e. The Morgan fingerprint density at radius 2 is 0.913 bits per heavy atom. The second-order valence-electron chi connectivity index (χ2n) is 22.0. The molecule has 6 rings (SSSR count). The first kappa shape index (κ1) is 36.0. The van der Waals surface area contributed by atoms with Gasteiger partial charge in [-0.3, -0.25) is 0 Å². The lowest BCUT2D eigenvalue weighted by atomic mass is 9.55. The van der Waals surface area contributed by atoms with Crippen LogP contribution in [0.25, 0.3) is 0 Å². The van der Waals surface area contributed by atoms with Crippen molar-refractivity contribution in [3.63, 3.8) is 0 Å². The molecular formula is C44H80OSi. The average Bonchev–Trinajstić information content (AvgIpc) is 3.45. The van der Waals surface area contributed by atoms with Gasteiger partial charge in [-0.15, -0.1) is 0 Å². The fraction of sp³-hybridized carbons (Fsp3) is 1.00. The van der Waals surface area contributed by atoms with E-state index in [-0.39, 0.29) is 0 Å². The zero-order valence-corrected chi connectivity index (χ0v) is 34.2. The minimum Gasteiger partial charge on any atom is -0.381 e. The summed E-state index contributed by atoms with van der Waals surface area (Å²) in [7, 11) is 0.510. The third kappa shape index (κ3) is 6.54. The Morgan fingerprint density at radius 1 is 0.478 bits per heavy atom. The molecule has 2 heteroatoms. The lowest BCUT2D eigenvalue weighted by Crippen LogP contribution is -2.54. The molecule has 6 aliphatic carbocycles. The monoisotopic (exact) mass is 653 g/mol. The summed E-state index contributed by atoms with van der Waals surface area (Å²) < 4.78 is 6.73. The fourth-order valence-electron chi connectivity index (χ4n) is 16.4. The molecule has 0 aliphatic heterocycles. The molecule has 17 atom stereocenters. The highest BCUT2D eigenvalue weighted by Gasteiger charge is 2.63. The van der Waals surface area contributed by atoms with E-state index in [0.29, 0.717) is 17.4 Å². The van der Waals surface area contributed by atoms with Gasteiger partial charge in [-0.25, -0.2) is 0 Å². The summed E-state index contributed by atoms with van der Waals surface area (Å²) in [5.41, 5.74) is 2.34. The molecule has 0 aromatic carbocycles.